The highest BCUT2D eigenvalue weighted by Crippen LogP contribution is 2.65. The number of piperidine rings is 1. The minimum absolute atomic E-state index is 0. The Bertz CT molecular complexity index is 855. The van der Waals surface area contributed by atoms with E-state index in [0.717, 1.165) is 47.5 Å². The van der Waals surface area contributed by atoms with E-state index in [-0.39, 0.29) is 30.0 Å². The second kappa shape index (κ2) is 5.19. The number of quaternary nitrogens is 1. The molecule has 5 nitrogen and oxygen atoms in total. The number of carbonyl (C=O) groups is 1. The van der Waals surface area contributed by atoms with Gasteiger partial charge < -0.3 is 19.4 Å². The quantitative estimate of drug-likeness (QED) is 0.775. The lowest BCUT2D eigenvalue weighted by molar-refractivity contribution is -0.950. The Morgan fingerprint density at radius 2 is 2.11 bits per heavy atom. The molecule has 2 bridgehead atoms. The Hall–Kier alpha value is -1.30. The van der Waals surface area contributed by atoms with E-state index < -0.39 is 17.1 Å². The summed E-state index contributed by atoms with van der Waals surface area (Å²) in [6, 6.07) is 3.58. The molecule has 0 aromatic heterocycles. The van der Waals surface area contributed by atoms with Crippen LogP contribution in [0.15, 0.2) is 12.1 Å². The van der Waals surface area contributed by atoms with Crippen LogP contribution in [0.3, 0.4) is 0 Å². The van der Waals surface area contributed by atoms with Gasteiger partial charge >= 0.3 is 0 Å². The zero-order valence-electron chi connectivity index (χ0n) is 15.6. The molecule has 2 saturated carbocycles. The smallest absolute Gasteiger partial charge is 0.174 e. The predicted molar refractivity (Wildman–Crippen MR) is 99.2 cm³/mol. The van der Waals surface area contributed by atoms with Gasteiger partial charge in [0.2, 0.25) is 0 Å². The van der Waals surface area contributed by atoms with Crippen molar-refractivity contribution in [3.05, 3.63) is 23.3 Å². The van der Waals surface area contributed by atoms with Gasteiger partial charge in [0, 0.05) is 30.7 Å². The zero-order valence-corrected chi connectivity index (χ0v) is 16.4. The largest absolute Gasteiger partial charge is 0.870 e. The molecule has 6 heteroatoms. The first-order valence-electron chi connectivity index (χ1n) is 9.98. The Balaban J connectivity index is 0.00000160. The van der Waals surface area contributed by atoms with E-state index in [1.165, 1.54) is 12.8 Å². The molecule has 1 aromatic rings. The number of ketones is 1. The number of hydrogen-bond acceptors (Lipinski definition) is 4. The number of Topliss-reactive ketones (excluding diaryl/α,β-unsaturated/α-hetero) is 1. The molecule has 1 spiro atoms. The fourth-order valence-electron chi connectivity index (χ4n) is 6.93. The number of rotatable bonds is 2. The van der Waals surface area contributed by atoms with Gasteiger partial charge in [0.1, 0.15) is 17.4 Å². The molecule has 1 unspecified atom stereocenters. The van der Waals surface area contributed by atoms with Crippen molar-refractivity contribution in [3.8, 4) is 11.5 Å². The summed E-state index contributed by atoms with van der Waals surface area (Å²) in [4.78, 5) is 12.8. The maximum Gasteiger partial charge on any atom is 0.174 e. The molecule has 1 saturated heterocycles. The van der Waals surface area contributed by atoms with Crippen LogP contribution in [0.2, 0.25) is 0 Å². The third kappa shape index (κ3) is 1.91. The second-order valence-electron chi connectivity index (χ2n) is 9.59. The van der Waals surface area contributed by atoms with Crippen molar-refractivity contribution in [3.63, 3.8) is 0 Å². The zero-order chi connectivity index (χ0) is 17.9. The van der Waals surface area contributed by atoms with Crippen molar-refractivity contribution in [1.82, 2.24) is 0 Å². The number of hydrogen-bond donors (Lipinski definition) is 1. The summed E-state index contributed by atoms with van der Waals surface area (Å²) in [6.07, 6.45) is 4.26. The first-order chi connectivity index (χ1) is 12.4. The van der Waals surface area contributed by atoms with E-state index >= 15 is 0 Å². The summed E-state index contributed by atoms with van der Waals surface area (Å²) in [7, 11) is 2.29. The first kappa shape index (κ1) is 17.8. The summed E-state index contributed by atoms with van der Waals surface area (Å²) in [5.74, 6) is 1.02. The van der Waals surface area contributed by atoms with Crippen molar-refractivity contribution in [2.45, 2.75) is 61.7 Å². The normalized spacial score (nSPS) is 43.6. The first-order valence-corrected chi connectivity index (χ1v) is 9.98. The molecule has 0 radical (unpaired) electrons. The van der Waals surface area contributed by atoms with Crippen LogP contribution in [0.4, 0.5) is 0 Å². The molecule has 1 N–H and O–H groups in total. The predicted octanol–water partition coefficient (Wildman–Crippen LogP) is 1.46. The average Bonchev–Trinajstić information content (AvgIpc) is 3.32. The number of halogens is 1. The molecule has 3 aliphatic carbocycles. The average molecular weight is 392 g/mol. The Morgan fingerprint density at radius 3 is 2.85 bits per heavy atom. The van der Waals surface area contributed by atoms with Crippen LogP contribution in [0.1, 0.15) is 43.2 Å². The van der Waals surface area contributed by atoms with Crippen molar-refractivity contribution < 1.29 is 24.2 Å². The number of likely N-dealkylation sites (tertiary alicyclic amines) is 1. The monoisotopic (exact) mass is 391 g/mol. The topological polar surface area (TPSA) is 69.6 Å². The molecule has 1 aromatic carbocycles. The Labute approximate surface area is 165 Å². The van der Waals surface area contributed by atoms with Crippen LogP contribution < -0.4 is 9.84 Å². The Morgan fingerprint density at radius 1 is 1.33 bits per heavy atom. The fraction of sp³-hybridized carbons (Fsp3) is 0.667. The van der Waals surface area contributed by atoms with Gasteiger partial charge in [-0.2, -0.15) is 0 Å². The molecule has 27 heavy (non-hydrogen) atoms. The molecule has 0 amide bonds. The lowest BCUT2D eigenvalue weighted by Crippen LogP contribution is -2.80. The molecule has 146 valence electrons. The second-order valence-corrected chi connectivity index (χ2v) is 9.59. The third-order valence-corrected chi connectivity index (χ3v) is 8.26. The summed E-state index contributed by atoms with van der Waals surface area (Å²) in [6.45, 7) is 2.06. The van der Waals surface area contributed by atoms with Crippen LogP contribution in [0.25, 0.3) is 0 Å². The number of likely N-dealkylation sites (N-methyl/N-ethyl adjacent to an activating group) is 1. The molecule has 6 rings (SSSR count). The highest BCUT2D eigenvalue weighted by molar-refractivity contribution is 5.89. The van der Waals surface area contributed by atoms with Crippen LogP contribution in [0.5, 0.6) is 11.5 Å². The van der Waals surface area contributed by atoms with E-state index in [4.69, 9.17) is 4.74 Å². The molecule has 2 aliphatic heterocycles. The van der Waals surface area contributed by atoms with Gasteiger partial charge in [-0.05, 0) is 24.8 Å². The van der Waals surface area contributed by atoms with Gasteiger partial charge in [0.15, 0.2) is 11.9 Å². The molecular weight excluding hydrogens is 366 g/mol. The maximum atomic E-state index is 12.8. The van der Waals surface area contributed by atoms with E-state index in [9.17, 15) is 15.0 Å². The molecule has 5 aliphatic rings. The summed E-state index contributed by atoms with van der Waals surface area (Å²) < 4.78 is 6.91. The Kier molecular flexibility index (Phi) is 3.42. The van der Waals surface area contributed by atoms with Crippen molar-refractivity contribution in [2.75, 3.05) is 20.1 Å². The van der Waals surface area contributed by atoms with Gasteiger partial charge in [-0.1, -0.05) is 17.9 Å². The van der Waals surface area contributed by atoms with Gasteiger partial charge in [-0.3, -0.25) is 4.79 Å². The van der Waals surface area contributed by atoms with Gasteiger partial charge in [-0.25, -0.2) is 0 Å². The van der Waals surface area contributed by atoms with Crippen LogP contribution >= 0.6 is 12.4 Å². The molecular formula is C21H26ClNO4. The number of aliphatic hydroxyl groups is 1. The van der Waals surface area contributed by atoms with E-state index in [2.05, 4.69) is 7.05 Å². The number of ether oxygens (including phenoxy) is 1. The SMILES string of the molecule is C[N+]1(CC2CC2)CC[C@]23c4c5ccc([O-])c4O[C@H]2C(=O)CC[C@@]3(O)[C@H]1C5.Cl. The van der Waals surface area contributed by atoms with Gasteiger partial charge in [0.25, 0.3) is 0 Å². The number of benzene rings is 1. The van der Waals surface area contributed by atoms with Crippen LogP contribution in [-0.2, 0) is 16.6 Å². The summed E-state index contributed by atoms with van der Waals surface area (Å²) >= 11 is 0. The number of nitrogens with zero attached hydrogens (tertiary/aromatic N) is 1. The molecule has 5 atom stereocenters. The third-order valence-electron chi connectivity index (χ3n) is 8.26. The summed E-state index contributed by atoms with van der Waals surface area (Å²) in [5, 5.41) is 24.6. The number of carbonyl (C=O) groups excluding carboxylic acids is 1. The maximum absolute atomic E-state index is 12.8. The van der Waals surface area contributed by atoms with Gasteiger partial charge in [-0.15, -0.1) is 12.4 Å². The van der Waals surface area contributed by atoms with E-state index in [0.29, 0.717) is 18.6 Å². The molecule has 2 heterocycles. The van der Waals surface area contributed by atoms with Crippen molar-refractivity contribution in [2.24, 2.45) is 5.92 Å². The van der Waals surface area contributed by atoms with Gasteiger partial charge in [0.05, 0.1) is 25.6 Å². The highest BCUT2D eigenvalue weighted by atomic mass is 35.5. The van der Waals surface area contributed by atoms with Crippen molar-refractivity contribution >= 4 is 18.2 Å². The minimum atomic E-state index is -0.959. The fourth-order valence-corrected chi connectivity index (χ4v) is 6.93. The lowest BCUT2D eigenvalue weighted by Gasteiger charge is -2.64. The lowest BCUT2D eigenvalue weighted by atomic mass is 9.48. The van der Waals surface area contributed by atoms with Crippen molar-refractivity contribution in [1.29, 1.82) is 0 Å². The van der Waals surface area contributed by atoms with Crippen LogP contribution in [-0.4, -0.2) is 53.3 Å². The molecule has 3 fully saturated rings. The van der Waals surface area contributed by atoms with E-state index in [1.54, 1.807) is 6.07 Å². The van der Waals surface area contributed by atoms with E-state index in [1.807, 2.05) is 6.07 Å². The highest BCUT2D eigenvalue weighted by Gasteiger charge is 2.76. The minimum Gasteiger partial charge on any atom is -0.870 e. The standard InChI is InChI=1S/C21H25NO4.ClH/c1-22(11-12-2-3-12)9-8-20-17-13-4-5-14(23)18(17)26-19(20)15(24)6-7-21(20,25)16(22)10-13;/h4-5,12,16,19,25H,2-3,6-11H2,1H3;1H/t16-,19+,20+,21-,22?;/m1./s1. The van der Waals surface area contributed by atoms with Crippen LogP contribution in [0, 0.1) is 5.92 Å². The summed E-state index contributed by atoms with van der Waals surface area (Å²) in [5.41, 5.74) is 0.322.